The number of ether oxygens (including phenoxy) is 1. The van der Waals surface area contributed by atoms with Gasteiger partial charge in [-0.05, 0) is 64.2 Å². The number of phenols is 1. The highest BCUT2D eigenvalue weighted by Gasteiger charge is 2.37. The summed E-state index contributed by atoms with van der Waals surface area (Å²) in [6.07, 6.45) is 4.42. The standard InChI is InChI=1S/C26H41N3O5/c1-7-29(24(32)21(17(2)3)28-25(33)34-26(4,5)6)22(18-12-11-15-20(30)16-18)23(31)27-19-13-9-8-10-14-19/h11-12,15-17,19,21-22,30H,7-10,13-14H2,1-6H3,(H,27,31)(H,28,33). The molecule has 1 saturated carbocycles. The fourth-order valence-electron chi connectivity index (χ4n) is 4.29. The van der Waals surface area contributed by atoms with Gasteiger partial charge in [-0.2, -0.15) is 0 Å². The Morgan fingerprint density at radius 2 is 1.79 bits per heavy atom. The van der Waals surface area contributed by atoms with Crippen LogP contribution in [0.15, 0.2) is 24.3 Å². The zero-order chi connectivity index (χ0) is 25.5. The first-order valence-electron chi connectivity index (χ1n) is 12.3. The van der Waals surface area contributed by atoms with Crippen LogP contribution in [0.4, 0.5) is 4.79 Å². The monoisotopic (exact) mass is 475 g/mol. The lowest BCUT2D eigenvalue weighted by molar-refractivity contribution is -0.143. The molecule has 1 fully saturated rings. The van der Waals surface area contributed by atoms with Crippen molar-refractivity contribution in [2.24, 2.45) is 5.92 Å². The second kappa shape index (κ2) is 12.1. The molecular formula is C26H41N3O5. The Balaban J connectivity index is 2.35. The van der Waals surface area contributed by atoms with Gasteiger partial charge in [0.15, 0.2) is 0 Å². The van der Waals surface area contributed by atoms with Gasteiger partial charge in [0, 0.05) is 12.6 Å². The lowest BCUT2D eigenvalue weighted by Crippen LogP contribution is -2.55. The largest absolute Gasteiger partial charge is 0.508 e. The van der Waals surface area contributed by atoms with E-state index in [0.29, 0.717) is 5.56 Å². The van der Waals surface area contributed by atoms with E-state index in [1.165, 1.54) is 17.0 Å². The molecule has 0 aliphatic heterocycles. The maximum atomic E-state index is 13.7. The highest BCUT2D eigenvalue weighted by molar-refractivity contribution is 5.92. The molecule has 34 heavy (non-hydrogen) atoms. The molecule has 190 valence electrons. The molecule has 8 heteroatoms. The normalized spacial score (nSPS) is 16.4. The maximum Gasteiger partial charge on any atom is 0.408 e. The number of carbonyl (C=O) groups excluding carboxylic acids is 3. The number of nitrogens with one attached hydrogen (secondary N) is 2. The Morgan fingerprint density at radius 3 is 2.32 bits per heavy atom. The van der Waals surface area contributed by atoms with E-state index in [9.17, 15) is 19.5 Å². The third kappa shape index (κ3) is 7.92. The summed E-state index contributed by atoms with van der Waals surface area (Å²) in [6.45, 7) is 11.0. The Morgan fingerprint density at radius 1 is 1.15 bits per heavy atom. The molecule has 1 aromatic rings. The third-order valence-electron chi connectivity index (χ3n) is 5.93. The number of rotatable bonds is 8. The van der Waals surface area contributed by atoms with Crippen LogP contribution in [0.25, 0.3) is 0 Å². The van der Waals surface area contributed by atoms with Crippen LogP contribution < -0.4 is 10.6 Å². The van der Waals surface area contributed by atoms with Crippen molar-refractivity contribution in [1.82, 2.24) is 15.5 Å². The second-order valence-corrected chi connectivity index (χ2v) is 10.3. The van der Waals surface area contributed by atoms with Crippen LogP contribution >= 0.6 is 0 Å². The lowest BCUT2D eigenvalue weighted by atomic mass is 9.94. The quantitative estimate of drug-likeness (QED) is 0.520. The number of benzene rings is 1. The second-order valence-electron chi connectivity index (χ2n) is 10.3. The molecule has 3 amide bonds. The van der Waals surface area contributed by atoms with Crippen molar-refractivity contribution in [3.8, 4) is 5.75 Å². The van der Waals surface area contributed by atoms with Gasteiger partial charge in [0.2, 0.25) is 11.8 Å². The summed E-state index contributed by atoms with van der Waals surface area (Å²) >= 11 is 0. The molecule has 2 atom stereocenters. The minimum absolute atomic E-state index is 0.0174. The van der Waals surface area contributed by atoms with E-state index in [1.807, 2.05) is 13.8 Å². The zero-order valence-electron chi connectivity index (χ0n) is 21.4. The number of nitrogens with zero attached hydrogens (tertiary/aromatic N) is 1. The van der Waals surface area contributed by atoms with Crippen molar-refractivity contribution in [1.29, 1.82) is 0 Å². The van der Waals surface area contributed by atoms with Gasteiger partial charge < -0.3 is 25.4 Å². The van der Waals surface area contributed by atoms with E-state index in [-0.39, 0.29) is 36.1 Å². The number of likely N-dealkylation sites (N-methyl/N-ethyl adjacent to an activating group) is 1. The van der Waals surface area contributed by atoms with Gasteiger partial charge in [0.05, 0.1) is 0 Å². The molecular weight excluding hydrogens is 434 g/mol. The van der Waals surface area contributed by atoms with Gasteiger partial charge >= 0.3 is 6.09 Å². The fourth-order valence-corrected chi connectivity index (χ4v) is 4.29. The summed E-state index contributed by atoms with van der Waals surface area (Å²) in [4.78, 5) is 41.2. The zero-order valence-corrected chi connectivity index (χ0v) is 21.4. The summed E-state index contributed by atoms with van der Waals surface area (Å²) in [5.41, 5.74) is -0.188. The van der Waals surface area contributed by atoms with E-state index < -0.39 is 23.8 Å². The molecule has 0 heterocycles. The van der Waals surface area contributed by atoms with Crippen LogP contribution in [0, 0.1) is 5.92 Å². The molecule has 1 aliphatic carbocycles. The molecule has 0 saturated heterocycles. The Labute approximate surface area is 203 Å². The molecule has 0 spiro atoms. The number of alkyl carbamates (subject to hydrolysis) is 1. The molecule has 0 aromatic heterocycles. The minimum Gasteiger partial charge on any atom is -0.508 e. The first-order chi connectivity index (χ1) is 15.9. The Kier molecular flexibility index (Phi) is 9.77. The molecule has 0 radical (unpaired) electrons. The SMILES string of the molecule is CCN(C(=O)C(NC(=O)OC(C)(C)C)C(C)C)C(C(=O)NC1CCCCC1)c1cccc(O)c1. The summed E-state index contributed by atoms with van der Waals surface area (Å²) in [7, 11) is 0. The summed E-state index contributed by atoms with van der Waals surface area (Å²) in [5.74, 6) is -0.882. The van der Waals surface area contributed by atoms with Gasteiger partial charge in [-0.3, -0.25) is 9.59 Å². The molecule has 2 rings (SSSR count). The van der Waals surface area contributed by atoms with Crippen molar-refractivity contribution in [2.75, 3.05) is 6.54 Å². The van der Waals surface area contributed by atoms with Gasteiger partial charge in [-0.15, -0.1) is 0 Å². The van der Waals surface area contributed by atoms with Crippen LogP contribution in [0.2, 0.25) is 0 Å². The smallest absolute Gasteiger partial charge is 0.408 e. The summed E-state index contributed by atoms with van der Waals surface area (Å²) < 4.78 is 5.36. The van der Waals surface area contributed by atoms with Gasteiger partial charge in [0.1, 0.15) is 23.4 Å². The minimum atomic E-state index is -0.937. The molecule has 0 bridgehead atoms. The average molecular weight is 476 g/mol. The number of amides is 3. The first-order valence-corrected chi connectivity index (χ1v) is 12.3. The summed E-state index contributed by atoms with van der Waals surface area (Å²) in [6, 6.07) is 4.67. The highest BCUT2D eigenvalue weighted by atomic mass is 16.6. The molecule has 3 N–H and O–H groups in total. The van der Waals surface area contributed by atoms with Crippen molar-refractivity contribution >= 4 is 17.9 Å². The van der Waals surface area contributed by atoms with E-state index in [2.05, 4.69) is 10.6 Å². The van der Waals surface area contributed by atoms with E-state index in [1.54, 1.807) is 39.8 Å². The molecule has 2 unspecified atom stereocenters. The molecule has 1 aromatic carbocycles. The predicted octanol–water partition coefficient (Wildman–Crippen LogP) is 4.28. The average Bonchev–Trinajstić information content (AvgIpc) is 2.74. The van der Waals surface area contributed by atoms with E-state index >= 15 is 0 Å². The van der Waals surface area contributed by atoms with Crippen molar-refractivity contribution in [3.05, 3.63) is 29.8 Å². The molecule has 1 aliphatic rings. The number of aromatic hydroxyl groups is 1. The van der Waals surface area contributed by atoms with E-state index in [4.69, 9.17) is 4.74 Å². The van der Waals surface area contributed by atoms with Gasteiger partial charge in [-0.25, -0.2) is 4.79 Å². The van der Waals surface area contributed by atoms with Crippen molar-refractivity contribution < 1.29 is 24.2 Å². The van der Waals surface area contributed by atoms with Crippen molar-refractivity contribution in [2.45, 2.75) is 97.4 Å². The van der Waals surface area contributed by atoms with Gasteiger partial charge in [0.25, 0.3) is 0 Å². The highest BCUT2D eigenvalue weighted by Crippen LogP contribution is 2.27. The van der Waals surface area contributed by atoms with Crippen LogP contribution in [0.3, 0.4) is 0 Å². The number of carbonyl (C=O) groups is 3. The van der Waals surface area contributed by atoms with Crippen LogP contribution in [0.5, 0.6) is 5.75 Å². The maximum absolute atomic E-state index is 13.7. The fraction of sp³-hybridized carbons (Fsp3) is 0.654. The van der Waals surface area contributed by atoms with Crippen LogP contribution in [-0.2, 0) is 14.3 Å². The van der Waals surface area contributed by atoms with E-state index in [0.717, 1.165) is 32.1 Å². The lowest BCUT2D eigenvalue weighted by Gasteiger charge is -2.36. The Bertz CT molecular complexity index is 843. The summed E-state index contributed by atoms with van der Waals surface area (Å²) in [5, 5.41) is 15.9. The van der Waals surface area contributed by atoms with Crippen molar-refractivity contribution in [3.63, 3.8) is 0 Å². The third-order valence-corrected chi connectivity index (χ3v) is 5.93. The topological polar surface area (TPSA) is 108 Å². The predicted molar refractivity (Wildman–Crippen MR) is 131 cm³/mol. The Hall–Kier alpha value is -2.77. The van der Waals surface area contributed by atoms with Crippen LogP contribution in [0.1, 0.15) is 85.3 Å². The van der Waals surface area contributed by atoms with Crippen LogP contribution in [-0.4, -0.2) is 52.1 Å². The van der Waals surface area contributed by atoms with Gasteiger partial charge in [-0.1, -0.05) is 45.2 Å². The number of hydrogen-bond acceptors (Lipinski definition) is 5. The first kappa shape index (κ1) is 27.5. The number of phenolic OH excluding ortho intramolecular Hbond substituents is 1. The number of hydrogen-bond donors (Lipinski definition) is 3. The molecule has 8 nitrogen and oxygen atoms in total.